The summed E-state index contributed by atoms with van der Waals surface area (Å²) in [7, 11) is 0. The number of hydrogen-bond donors (Lipinski definition) is 4. The van der Waals surface area contributed by atoms with Gasteiger partial charge in [-0.05, 0) is 6.42 Å². The molecule has 1 unspecified atom stereocenters. The van der Waals surface area contributed by atoms with Gasteiger partial charge in [0.15, 0.2) is 0 Å². The summed E-state index contributed by atoms with van der Waals surface area (Å²) < 4.78 is 31.8. The molecule has 0 aromatic heterocycles. The lowest BCUT2D eigenvalue weighted by atomic mass is 10.1. The molecule has 0 aromatic carbocycles. The highest BCUT2D eigenvalue weighted by Crippen LogP contribution is 2.07. The van der Waals surface area contributed by atoms with E-state index in [0.29, 0.717) is 6.54 Å². The Kier molecular flexibility index (Phi) is 4.32. The molecule has 0 radical (unpaired) electrons. The normalized spacial score (nSPS) is 29.3. The predicted octanol–water partition coefficient (Wildman–Crippen LogP) is -1.20. The molecule has 7 nitrogen and oxygen atoms in total. The van der Waals surface area contributed by atoms with Gasteiger partial charge in [0.1, 0.15) is 6.04 Å². The fraction of sp³-hybridized carbons (Fsp3) is 0.818. The van der Waals surface area contributed by atoms with Crippen LogP contribution in [0.4, 0.5) is 0 Å². The Balaban J connectivity index is 3.09. The van der Waals surface area contributed by atoms with Crippen LogP contribution in [0.5, 0.6) is 0 Å². The zero-order valence-corrected chi connectivity index (χ0v) is 9.98. The van der Waals surface area contributed by atoms with E-state index in [4.69, 9.17) is 10.6 Å². The smallest absolute Gasteiger partial charge is 0.320 e. The molecule has 18 heavy (non-hydrogen) atoms. The summed E-state index contributed by atoms with van der Waals surface area (Å²) in [5.41, 5.74) is 0. The van der Waals surface area contributed by atoms with Crippen LogP contribution in [0.25, 0.3) is 0 Å². The zero-order valence-electron chi connectivity index (χ0n) is 14.0. The lowest BCUT2D eigenvalue weighted by molar-refractivity contribution is -0.144. The average molecular weight is 263 g/mol. The first-order valence-electron chi connectivity index (χ1n) is 7.76. The van der Waals surface area contributed by atoms with E-state index in [1.54, 1.807) is 0 Å². The molecule has 0 bridgehead atoms. The molecule has 1 saturated heterocycles. The lowest BCUT2D eigenvalue weighted by Crippen LogP contribution is -2.46. The van der Waals surface area contributed by atoms with Crippen molar-refractivity contribution < 1.29 is 25.3 Å². The van der Waals surface area contributed by atoms with Crippen molar-refractivity contribution in [1.29, 1.82) is 0 Å². The number of nitrogens with one attached hydrogen (secondary N) is 2. The molecule has 104 valence electrons. The van der Waals surface area contributed by atoms with Crippen molar-refractivity contribution in [3.63, 3.8) is 0 Å². The Bertz CT molecular complexity index is 422. The van der Waals surface area contributed by atoms with Gasteiger partial charge in [-0.2, -0.15) is 0 Å². The molecule has 0 aliphatic carbocycles. The van der Waals surface area contributed by atoms with Gasteiger partial charge in [-0.3, -0.25) is 14.5 Å². The van der Waals surface area contributed by atoms with Gasteiger partial charge in [0.2, 0.25) is 0 Å². The Hall–Kier alpha value is -1.18. The van der Waals surface area contributed by atoms with E-state index in [1.165, 1.54) is 0 Å². The van der Waals surface area contributed by atoms with Gasteiger partial charge in [-0.1, -0.05) is 0 Å². The summed E-state index contributed by atoms with van der Waals surface area (Å²) in [6.07, 6.45) is -0.742. The molecule has 4 N–H and O–H groups in total. The lowest BCUT2D eigenvalue weighted by Gasteiger charge is -2.28. The van der Waals surface area contributed by atoms with Crippen LogP contribution < -0.4 is 10.6 Å². The van der Waals surface area contributed by atoms with E-state index < -0.39 is 37.4 Å². The van der Waals surface area contributed by atoms with Crippen LogP contribution >= 0.6 is 0 Å². The van der Waals surface area contributed by atoms with E-state index >= 15 is 0 Å². The number of hydrogen-bond acceptors (Lipinski definition) is 5. The van der Waals surface area contributed by atoms with Gasteiger partial charge in [0.05, 0.1) is 0 Å². The molecule has 1 heterocycles. The number of aliphatic carboxylic acids is 2. The van der Waals surface area contributed by atoms with Gasteiger partial charge >= 0.3 is 11.9 Å². The van der Waals surface area contributed by atoms with Gasteiger partial charge in [0, 0.05) is 51.1 Å². The summed E-state index contributed by atoms with van der Waals surface area (Å²) in [6, 6.07) is -1.43. The Labute approximate surface area is 112 Å². The molecule has 1 fully saturated rings. The number of carboxylic acid groups (broad SMARTS) is 2. The van der Waals surface area contributed by atoms with Crippen LogP contribution in [-0.4, -0.2) is 72.3 Å². The second kappa shape index (κ2) is 8.02. The van der Waals surface area contributed by atoms with Crippen molar-refractivity contribution >= 4 is 11.9 Å². The maximum absolute atomic E-state index is 11.4. The first-order chi connectivity index (χ1) is 10.1. The summed E-state index contributed by atoms with van der Waals surface area (Å²) in [4.78, 5) is 23.0. The minimum absolute atomic E-state index is 0.0508. The summed E-state index contributed by atoms with van der Waals surface area (Å²) in [5.74, 6) is -2.56. The van der Waals surface area contributed by atoms with E-state index in [9.17, 15) is 14.7 Å². The van der Waals surface area contributed by atoms with Crippen LogP contribution in [0.1, 0.15) is 18.3 Å². The van der Waals surface area contributed by atoms with Crippen molar-refractivity contribution in [2.45, 2.75) is 18.9 Å². The van der Waals surface area contributed by atoms with Gasteiger partial charge in [-0.15, -0.1) is 0 Å². The molecule has 0 aromatic rings. The highest BCUT2D eigenvalue weighted by molar-refractivity contribution is 5.75. The SMILES string of the molecule is [2H]C1([2H])NCCNCCN(C(CCC(=O)O)C(=O)O)C1([2H])[2H]. The Morgan fingerprint density at radius 1 is 1.28 bits per heavy atom. The van der Waals surface area contributed by atoms with Crippen LogP contribution in [0.2, 0.25) is 0 Å². The van der Waals surface area contributed by atoms with E-state index in [1.807, 2.05) is 0 Å². The third kappa shape index (κ3) is 5.44. The fourth-order valence-electron chi connectivity index (χ4n) is 1.61. The standard InChI is InChI=1S/C11H21N3O4/c15-10(16)2-1-9(11(17)18)14-7-5-12-3-4-13-6-8-14/h9,12-13H,1-8H2,(H,15,16)(H,17,18)/i5D2,7D2. The number of carboxylic acids is 2. The molecular weight excluding hydrogens is 238 g/mol. The second-order valence-electron chi connectivity index (χ2n) is 3.89. The third-order valence-corrected chi connectivity index (χ3v) is 2.54. The summed E-state index contributed by atoms with van der Waals surface area (Å²) >= 11 is 0. The molecule has 1 aliphatic rings. The van der Waals surface area contributed by atoms with Crippen LogP contribution in [0.15, 0.2) is 0 Å². The van der Waals surface area contributed by atoms with Gasteiger partial charge in [-0.25, -0.2) is 0 Å². The highest BCUT2D eigenvalue weighted by atomic mass is 16.4. The minimum Gasteiger partial charge on any atom is -0.481 e. The molecule has 1 rings (SSSR count). The quantitative estimate of drug-likeness (QED) is 0.494. The summed E-state index contributed by atoms with van der Waals surface area (Å²) in [6.45, 7) is -4.26. The maximum Gasteiger partial charge on any atom is 0.320 e. The van der Waals surface area contributed by atoms with E-state index in [2.05, 4.69) is 10.6 Å². The molecule has 1 aliphatic heterocycles. The monoisotopic (exact) mass is 263 g/mol. The Morgan fingerprint density at radius 2 is 2.00 bits per heavy atom. The number of nitrogens with zero attached hydrogens (tertiary/aromatic N) is 1. The van der Waals surface area contributed by atoms with Crippen molar-refractivity contribution in [2.75, 3.05) is 39.2 Å². The van der Waals surface area contributed by atoms with Crippen LogP contribution in [-0.2, 0) is 9.59 Å². The molecular formula is C11H21N3O4. The number of carbonyl (C=O) groups is 2. The average Bonchev–Trinajstić information content (AvgIpc) is 2.42. The van der Waals surface area contributed by atoms with Gasteiger partial charge in [0.25, 0.3) is 0 Å². The van der Waals surface area contributed by atoms with E-state index in [-0.39, 0.29) is 26.1 Å². The Morgan fingerprint density at radius 3 is 2.67 bits per heavy atom. The van der Waals surface area contributed by atoms with Crippen LogP contribution in [0, 0.1) is 0 Å². The molecule has 0 saturated carbocycles. The first-order valence-corrected chi connectivity index (χ1v) is 5.76. The van der Waals surface area contributed by atoms with Crippen molar-refractivity contribution in [3.05, 3.63) is 0 Å². The number of rotatable bonds is 5. The van der Waals surface area contributed by atoms with Crippen LogP contribution in [0.3, 0.4) is 0 Å². The zero-order chi connectivity index (χ0) is 17.0. The minimum atomic E-state index is -2.61. The topological polar surface area (TPSA) is 102 Å². The molecule has 0 amide bonds. The van der Waals surface area contributed by atoms with Crippen molar-refractivity contribution in [1.82, 2.24) is 15.5 Å². The summed E-state index contributed by atoms with van der Waals surface area (Å²) in [5, 5.41) is 23.4. The molecule has 0 spiro atoms. The molecule has 7 heteroatoms. The fourth-order valence-corrected chi connectivity index (χ4v) is 1.61. The second-order valence-corrected chi connectivity index (χ2v) is 3.89. The predicted molar refractivity (Wildman–Crippen MR) is 65.6 cm³/mol. The third-order valence-electron chi connectivity index (χ3n) is 2.54. The maximum atomic E-state index is 11.4. The first kappa shape index (κ1) is 9.71. The largest absolute Gasteiger partial charge is 0.481 e. The highest BCUT2D eigenvalue weighted by Gasteiger charge is 2.25. The van der Waals surface area contributed by atoms with Gasteiger partial charge < -0.3 is 20.8 Å². The molecule has 1 atom stereocenters. The van der Waals surface area contributed by atoms with Crippen molar-refractivity contribution in [2.24, 2.45) is 0 Å². The van der Waals surface area contributed by atoms with E-state index in [0.717, 1.165) is 4.90 Å². The van der Waals surface area contributed by atoms with Crippen molar-refractivity contribution in [3.8, 4) is 0 Å².